The molecule has 100 valence electrons. The van der Waals surface area contributed by atoms with E-state index >= 15 is 0 Å². The number of amides is 1. The minimum absolute atomic E-state index is 0.0284. The quantitative estimate of drug-likeness (QED) is 0.738. The van der Waals surface area contributed by atoms with E-state index < -0.39 is 0 Å². The van der Waals surface area contributed by atoms with E-state index in [1.807, 2.05) is 6.92 Å². The highest BCUT2D eigenvalue weighted by molar-refractivity contribution is 5.80. The Kier molecular flexibility index (Phi) is 6.52. The van der Waals surface area contributed by atoms with Crippen molar-refractivity contribution in [3.8, 4) is 0 Å². The summed E-state index contributed by atoms with van der Waals surface area (Å²) in [5.74, 6) is 0.648. The van der Waals surface area contributed by atoms with E-state index in [9.17, 15) is 4.79 Å². The first-order valence-electron chi connectivity index (χ1n) is 6.72. The highest BCUT2D eigenvalue weighted by atomic mass is 16.5. The molecule has 1 amide bonds. The molecule has 1 aliphatic rings. The minimum Gasteiger partial charge on any atom is -0.369 e. The number of carbonyl (C=O) groups is 1. The highest BCUT2D eigenvalue weighted by Crippen LogP contribution is 2.05. The number of rotatable bonds is 6. The van der Waals surface area contributed by atoms with Gasteiger partial charge in [-0.05, 0) is 45.2 Å². The lowest BCUT2D eigenvalue weighted by Crippen LogP contribution is -2.46. The van der Waals surface area contributed by atoms with Gasteiger partial charge in [0.25, 0.3) is 0 Å². The third-order valence-corrected chi connectivity index (χ3v) is 3.12. The predicted octanol–water partition coefficient (Wildman–Crippen LogP) is 1.31. The van der Waals surface area contributed by atoms with Crippen LogP contribution in [0.2, 0.25) is 0 Å². The molecule has 4 nitrogen and oxygen atoms in total. The van der Waals surface area contributed by atoms with E-state index in [1.54, 1.807) is 0 Å². The maximum absolute atomic E-state index is 11.8. The normalized spacial score (nSPS) is 19.3. The number of piperidine rings is 1. The lowest BCUT2D eigenvalue weighted by Gasteiger charge is -2.25. The summed E-state index contributed by atoms with van der Waals surface area (Å²) in [7, 11) is 0. The molecule has 0 aliphatic carbocycles. The van der Waals surface area contributed by atoms with Gasteiger partial charge < -0.3 is 15.4 Å². The lowest BCUT2D eigenvalue weighted by molar-refractivity contribution is -0.132. The molecule has 1 saturated heterocycles. The van der Waals surface area contributed by atoms with E-state index in [1.165, 1.54) is 0 Å². The summed E-state index contributed by atoms with van der Waals surface area (Å²) in [5, 5.41) is 6.33. The zero-order valence-corrected chi connectivity index (χ0v) is 11.3. The molecule has 1 fully saturated rings. The number of hydrogen-bond acceptors (Lipinski definition) is 3. The fourth-order valence-corrected chi connectivity index (χ4v) is 1.84. The van der Waals surface area contributed by atoms with E-state index in [4.69, 9.17) is 4.74 Å². The van der Waals surface area contributed by atoms with Crippen molar-refractivity contribution in [2.75, 3.05) is 19.7 Å². The Morgan fingerprint density at radius 3 is 2.59 bits per heavy atom. The third kappa shape index (κ3) is 6.03. The van der Waals surface area contributed by atoms with Gasteiger partial charge in [-0.2, -0.15) is 0 Å². The molecule has 4 heteroatoms. The Morgan fingerprint density at radius 2 is 2.00 bits per heavy atom. The number of nitrogens with one attached hydrogen (secondary N) is 2. The first-order chi connectivity index (χ1) is 8.09. The van der Waals surface area contributed by atoms with Gasteiger partial charge >= 0.3 is 0 Å². The lowest BCUT2D eigenvalue weighted by atomic mass is 10.1. The Hall–Kier alpha value is -0.610. The van der Waals surface area contributed by atoms with Crippen LogP contribution in [0.1, 0.15) is 40.0 Å². The topological polar surface area (TPSA) is 50.4 Å². The fourth-order valence-electron chi connectivity index (χ4n) is 1.84. The zero-order chi connectivity index (χ0) is 12.7. The molecule has 1 atom stereocenters. The Labute approximate surface area is 104 Å². The molecule has 1 rings (SSSR count). The predicted molar refractivity (Wildman–Crippen MR) is 68.9 cm³/mol. The summed E-state index contributed by atoms with van der Waals surface area (Å²) in [5.41, 5.74) is 0. The Bertz CT molecular complexity index is 225. The second-order valence-corrected chi connectivity index (χ2v) is 5.23. The Morgan fingerprint density at radius 1 is 1.35 bits per heavy atom. The summed E-state index contributed by atoms with van der Waals surface area (Å²) in [6.07, 6.45) is 2.71. The van der Waals surface area contributed by atoms with Crippen molar-refractivity contribution in [3.05, 3.63) is 0 Å². The van der Waals surface area contributed by atoms with Crippen LogP contribution in [-0.4, -0.2) is 37.7 Å². The second-order valence-electron chi connectivity index (χ2n) is 5.23. The van der Waals surface area contributed by atoms with Crippen molar-refractivity contribution in [2.45, 2.75) is 52.2 Å². The van der Waals surface area contributed by atoms with Crippen molar-refractivity contribution in [1.82, 2.24) is 10.6 Å². The van der Waals surface area contributed by atoms with Gasteiger partial charge in [0.1, 0.15) is 6.10 Å². The largest absolute Gasteiger partial charge is 0.369 e. The summed E-state index contributed by atoms with van der Waals surface area (Å²) in [4.78, 5) is 11.8. The molecule has 0 aromatic carbocycles. The summed E-state index contributed by atoms with van der Waals surface area (Å²) in [6.45, 7) is 8.79. The molecule has 2 N–H and O–H groups in total. The zero-order valence-electron chi connectivity index (χ0n) is 11.3. The van der Waals surface area contributed by atoms with Crippen LogP contribution < -0.4 is 10.6 Å². The van der Waals surface area contributed by atoms with Crippen LogP contribution in [0.3, 0.4) is 0 Å². The van der Waals surface area contributed by atoms with Gasteiger partial charge in [0.15, 0.2) is 0 Å². The van der Waals surface area contributed by atoms with E-state index in [2.05, 4.69) is 24.5 Å². The average molecular weight is 242 g/mol. The molecule has 1 heterocycles. The molecule has 17 heavy (non-hydrogen) atoms. The van der Waals surface area contributed by atoms with E-state index in [0.717, 1.165) is 32.4 Å². The standard InChI is InChI=1S/C13H26N2O2/c1-10(2)6-9-17-11(3)13(16)15-12-4-7-14-8-5-12/h10-12,14H,4-9H2,1-3H3,(H,15,16). The van der Waals surface area contributed by atoms with Crippen LogP contribution in [0.15, 0.2) is 0 Å². The number of carbonyl (C=O) groups excluding carboxylic acids is 1. The second kappa shape index (κ2) is 7.67. The monoisotopic (exact) mass is 242 g/mol. The average Bonchev–Trinajstić information content (AvgIpc) is 2.29. The van der Waals surface area contributed by atoms with E-state index in [-0.39, 0.29) is 12.0 Å². The summed E-state index contributed by atoms with van der Waals surface area (Å²) < 4.78 is 5.53. The van der Waals surface area contributed by atoms with Crippen molar-refractivity contribution in [2.24, 2.45) is 5.92 Å². The van der Waals surface area contributed by atoms with Crippen molar-refractivity contribution in [3.63, 3.8) is 0 Å². The molecule has 1 unspecified atom stereocenters. The van der Waals surface area contributed by atoms with Gasteiger partial charge in [-0.1, -0.05) is 13.8 Å². The fraction of sp³-hybridized carbons (Fsp3) is 0.923. The summed E-state index contributed by atoms with van der Waals surface area (Å²) in [6, 6.07) is 0.319. The van der Waals surface area contributed by atoms with Gasteiger partial charge in [0, 0.05) is 12.6 Å². The first kappa shape index (κ1) is 14.5. The van der Waals surface area contributed by atoms with Crippen LogP contribution in [-0.2, 0) is 9.53 Å². The van der Waals surface area contributed by atoms with Crippen LogP contribution in [0, 0.1) is 5.92 Å². The molecular formula is C13H26N2O2. The van der Waals surface area contributed by atoms with Crippen LogP contribution in [0.5, 0.6) is 0 Å². The van der Waals surface area contributed by atoms with Crippen molar-refractivity contribution >= 4 is 5.91 Å². The van der Waals surface area contributed by atoms with Crippen LogP contribution >= 0.6 is 0 Å². The molecule has 0 spiro atoms. The van der Waals surface area contributed by atoms with Crippen molar-refractivity contribution in [1.29, 1.82) is 0 Å². The summed E-state index contributed by atoms with van der Waals surface area (Å²) >= 11 is 0. The van der Waals surface area contributed by atoms with Crippen molar-refractivity contribution < 1.29 is 9.53 Å². The van der Waals surface area contributed by atoms with Gasteiger partial charge in [-0.15, -0.1) is 0 Å². The van der Waals surface area contributed by atoms with Gasteiger partial charge in [0.05, 0.1) is 0 Å². The molecular weight excluding hydrogens is 216 g/mol. The van der Waals surface area contributed by atoms with Gasteiger partial charge in [-0.25, -0.2) is 0 Å². The Balaban J connectivity index is 2.16. The SMILES string of the molecule is CC(C)CCOC(C)C(=O)NC1CCNCC1. The van der Waals surface area contributed by atoms with E-state index in [0.29, 0.717) is 18.6 Å². The minimum atomic E-state index is -0.330. The molecule has 0 aromatic heterocycles. The molecule has 1 aliphatic heterocycles. The molecule has 0 saturated carbocycles. The van der Waals surface area contributed by atoms with Gasteiger partial charge in [0.2, 0.25) is 5.91 Å². The maximum Gasteiger partial charge on any atom is 0.249 e. The number of hydrogen-bond donors (Lipinski definition) is 2. The third-order valence-electron chi connectivity index (χ3n) is 3.12. The molecule has 0 bridgehead atoms. The van der Waals surface area contributed by atoms with Gasteiger partial charge in [-0.3, -0.25) is 4.79 Å². The smallest absolute Gasteiger partial charge is 0.249 e. The van der Waals surface area contributed by atoms with Crippen LogP contribution in [0.4, 0.5) is 0 Å². The first-order valence-corrected chi connectivity index (χ1v) is 6.72. The highest BCUT2D eigenvalue weighted by Gasteiger charge is 2.19. The number of ether oxygens (including phenoxy) is 1. The maximum atomic E-state index is 11.8. The molecule has 0 aromatic rings. The van der Waals surface area contributed by atoms with Crippen LogP contribution in [0.25, 0.3) is 0 Å². The molecule has 0 radical (unpaired) electrons.